The lowest BCUT2D eigenvalue weighted by Gasteiger charge is -2.60. The van der Waals surface area contributed by atoms with Crippen LogP contribution in [0.1, 0.15) is 112 Å². The molecule has 10 atom stereocenters. The quantitative estimate of drug-likeness (QED) is 0.0959. The maximum Gasteiger partial charge on any atom is 0.308 e. The van der Waals surface area contributed by atoms with Crippen molar-refractivity contribution < 1.29 is 62.5 Å². The Labute approximate surface area is 470 Å². The van der Waals surface area contributed by atoms with Crippen molar-refractivity contribution in [3.05, 3.63) is 91.0 Å². The lowest BCUT2D eigenvalue weighted by atomic mass is 9.71. The highest BCUT2D eigenvalue weighted by Gasteiger charge is 2.59. The molecule has 1 amide bonds. The first-order valence-electron chi connectivity index (χ1n) is 27.3. The Balaban J connectivity index is 0.000000172. The molecule has 4 aromatic carbocycles. The van der Waals surface area contributed by atoms with Crippen LogP contribution in [0.5, 0.6) is 57.5 Å². The van der Waals surface area contributed by atoms with E-state index in [4.69, 9.17) is 43.6 Å². The van der Waals surface area contributed by atoms with Gasteiger partial charge in [0, 0.05) is 95.6 Å². The van der Waals surface area contributed by atoms with Crippen LogP contribution >= 0.6 is 0 Å². The molecule has 0 saturated carbocycles. The second-order valence-corrected chi connectivity index (χ2v) is 22.2. The molecular weight excluding hydrogens is 1040 g/mol. The van der Waals surface area contributed by atoms with Crippen molar-refractivity contribution in [2.45, 2.75) is 135 Å². The molecule has 8 aliphatic rings. The molecule has 0 aromatic heterocycles. The van der Waals surface area contributed by atoms with Crippen molar-refractivity contribution in [2.24, 2.45) is 5.73 Å². The number of carbonyl (C=O) groups excluding carboxylic acids is 3. The second-order valence-electron chi connectivity index (χ2n) is 22.2. The number of nitrogens with one attached hydrogen (secondary N) is 1. The van der Waals surface area contributed by atoms with Crippen LogP contribution in [-0.4, -0.2) is 139 Å². The molecule has 21 heteroatoms. The van der Waals surface area contributed by atoms with Crippen molar-refractivity contribution in [3.63, 3.8) is 0 Å². The van der Waals surface area contributed by atoms with Crippen LogP contribution in [0.15, 0.2) is 24.3 Å². The number of aryl methyl sites for hydroxylation is 2. The molecule has 2 fully saturated rings. The number of nitriles is 2. The van der Waals surface area contributed by atoms with Gasteiger partial charge < -0.3 is 59.2 Å². The highest BCUT2D eigenvalue weighted by atomic mass is 16.7. The molecule has 8 aliphatic heterocycles. The molecular formula is C60H68N8O13. The molecule has 21 nitrogen and oxygen atoms in total. The first-order valence-corrected chi connectivity index (χ1v) is 27.3. The number of ether oxygens (including phenoxy) is 8. The zero-order valence-corrected chi connectivity index (χ0v) is 47.4. The standard InChI is InChI=1S/C32H36N4O7.C28H32N4O6/c1-7-8-24(38)34-13-23-26-19(30(43-17(4)37)16(3)31-32(26)42-14-41-31)11-21-27-25-18(9-15(2)29(40-6)28(25)39)10-20(35(27)5)22(12-33)36(21)23;1-12-6-15-7-17-19(9-29)32-18(23(31(17)4)21(15)24(34)25(12)35-5)8-16-22(20(32)10-30)28-27(36-11-37-28)13(2)26(16)38-14(3)33/h7-9,20-23,27,39H,10-11,13-14H2,1-6H3,(H,34,38);6,17-20,23,34H,7-8,10-11,30H2,1-5H3/b8-7+;/t20-,21?,22-,23-,27-;17-,18?,19-,20-,23-/m00/s1. The van der Waals surface area contributed by atoms with E-state index >= 15 is 0 Å². The Kier molecular flexibility index (Phi) is 14.3. The summed E-state index contributed by atoms with van der Waals surface area (Å²) in [4.78, 5) is 46.0. The summed E-state index contributed by atoms with van der Waals surface area (Å²) in [5.41, 5.74) is 16.2. The number of piperazine rings is 2. The van der Waals surface area contributed by atoms with E-state index in [-0.39, 0.29) is 86.4 Å². The molecule has 81 heavy (non-hydrogen) atoms. The fourth-order valence-electron chi connectivity index (χ4n) is 15.1. The van der Waals surface area contributed by atoms with E-state index in [1.54, 1.807) is 27.2 Å². The maximum absolute atomic E-state index is 12.7. The van der Waals surface area contributed by atoms with Gasteiger partial charge in [-0.05, 0) is 103 Å². The monoisotopic (exact) mass is 1110 g/mol. The Morgan fingerprint density at radius 3 is 1.48 bits per heavy atom. The Bertz CT molecular complexity index is 3440. The van der Waals surface area contributed by atoms with Gasteiger partial charge in [-0.25, -0.2) is 0 Å². The summed E-state index contributed by atoms with van der Waals surface area (Å²) in [5, 5.41) is 47.3. The van der Waals surface area contributed by atoms with E-state index in [1.807, 2.05) is 47.9 Å². The Hall–Kier alpha value is -7.79. The Morgan fingerprint density at radius 1 is 0.667 bits per heavy atom. The minimum atomic E-state index is -0.558. The van der Waals surface area contributed by atoms with Crippen LogP contribution in [0, 0.1) is 50.4 Å². The third-order valence-electron chi connectivity index (χ3n) is 18.0. The van der Waals surface area contributed by atoms with Crippen LogP contribution < -0.4 is 48.9 Å². The van der Waals surface area contributed by atoms with Gasteiger partial charge in [0.15, 0.2) is 46.0 Å². The van der Waals surface area contributed by atoms with Gasteiger partial charge in [-0.3, -0.25) is 34.0 Å². The topological polar surface area (TPSA) is 264 Å². The van der Waals surface area contributed by atoms with E-state index in [1.165, 1.54) is 19.9 Å². The number of carbonyl (C=O) groups is 3. The molecule has 4 bridgehead atoms. The number of likely N-dealkylation sites (N-methyl/N-ethyl adjacent to an activating group) is 2. The zero-order valence-electron chi connectivity index (χ0n) is 47.4. The molecule has 0 spiro atoms. The smallest absolute Gasteiger partial charge is 0.308 e. The molecule has 8 heterocycles. The number of allylic oxidation sites excluding steroid dienone is 1. The predicted molar refractivity (Wildman–Crippen MR) is 292 cm³/mol. The van der Waals surface area contributed by atoms with Crippen molar-refractivity contribution >= 4 is 17.8 Å². The zero-order chi connectivity index (χ0) is 57.8. The number of hydrogen-bond donors (Lipinski definition) is 4. The predicted octanol–water partition coefficient (Wildman–Crippen LogP) is 5.54. The third-order valence-corrected chi connectivity index (χ3v) is 18.0. The van der Waals surface area contributed by atoms with E-state index < -0.39 is 30.1 Å². The fourth-order valence-corrected chi connectivity index (χ4v) is 15.1. The number of amides is 1. The summed E-state index contributed by atoms with van der Waals surface area (Å²) in [5.74, 6) is 2.95. The summed E-state index contributed by atoms with van der Waals surface area (Å²) in [7, 11) is 7.10. The summed E-state index contributed by atoms with van der Waals surface area (Å²) >= 11 is 0. The van der Waals surface area contributed by atoms with Gasteiger partial charge in [-0.2, -0.15) is 10.5 Å². The number of hydrogen-bond acceptors (Lipinski definition) is 20. The van der Waals surface area contributed by atoms with Crippen LogP contribution in [0.4, 0.5) is 0 Å². The molecule has 2 saturated heterocycles. The van der Waals surface area contributed by atoms with Gasteiger partial charge in [0.1, 0.15) is 23.6 Å². The molecule has 426 valence electrons. The number of fused-ring (bicyclic) bond motifs is 18. The van der Waals surface area contributed by atoms with E-state index in [2.05, 4.69) is 43.1 Å². The van der Waals surface area contributed by atoms with Crippen molar-refractivity contribution in [1.82, 2.24) is 24.9 Å². The first-order chi connectivity index (χ1) is 38.8. The summed E-state index contributed by atoms with van der Waals surface area (Å²) in [6, 6.07) is 5.89. The molecule has 5 N–H and O–H groups in total. The summed E-state index contributed by atoms with van der Waals surface area (Å²) < 4.78 is 46.5. The normalized spacial score (nSPS) is 26.2. The number of nitrogens with two attached hydrogens (primary N) is 1. The van der Waals surface area contributed by atoms with Crippen LogP contribution in [0.25, 0.3) is 0 Å². The molecule has 0 radical (unpaired) electrons. The van der Waals surface area contributed by atoms with Gasteiger partial charge in [0.25, 0.3) is 0 Å². The van der Waals surface area contributed by atoms with Crippen molar-refractivity contribution in [1.29, 1.82) is 10.5 Å². The first kappa shape index (κ1) is 55.1. The number of methoxy groups -OCH3 is 2. The number of rotatable bonds is 8. The highest BCUT2D eigenvalue weighted by Crippen LogP contribution is 2.61. The van der Waals surface area contributed by atoms with Crippen LogP contribution in [0.3, 0.4) is 0 Å². The van der Waals surface area contributed by atoms with E-state index in [0.29, 0.717) is 82.8 Å². The fraction of sp³-hybridized carbons (Fsp3) is 0.483. The van der Waals surface area contributed by atoms with Gasteiger partial charge >= 0.3 is 11.9 Å². The molecule has 12 rings (SSSR count). The molecule has 0 aliphatic carbocycles. The Morgan fingerprint density at radius 2 is 1.09 bits per heavy atom. The number of nitrogens with zero attached hydrogens (tertiary/aromatic N) is 6. The number of phenolic OH excluding ortho intramolecular Hbond substituents is 2. The van der Waals surface area contributed by atoms with E-state index in [0.717, 1.165) is 55.6 Å². The van der Waals surface area contributed by atoms with Crippen molar-refractivity contribution in [3.8, 4) is 69.6 Å². The van der Waals surface area contributed by atoms with Crippen molar-refractivity contribution in [2.75, 3.05) is 55.0 Å². The highest BCUT2D eigenvalue weighted by molar-refractivity contribution is 5.87. The van der Waals surface area contributed by atoms with Gasteiger partial charge in [0.05, 0.1) is 50.5 Å². The van der Waals surface area contributed by atoms with Crippen LogP contribution in [0.2, 0.25) is 0 Å². The maximum atomic E-state index is 12.7. The van der Waals surface area contributed by atoms with Gasteiger partial charge in [-0.1, -0.05) is 18.2 Å². The lowest BCUT2D eigenvalue weighted by Crippen LogP contribution is -2.68. The largest absolute Gasteiger partial charge is 0.504 e. The summed E-state index contributed by atoms with van der Waals surface area (Å²) in [6.45, 7) is 12.5. The second kappa shape index (κ2) is 20.9. The average Bonchev–Trinajstić information content (AvgIpc) is 2.14. The lowest BCUT2D eigenvalue weighted by molar-refractivity contribution is -0.133. The molecule has 4 aromatic rings. The third kappa shape index (κ3) is 8.37. The number of phenols is 2. The summed E-state index contributed by atoms with van der Waals surface area (Å²) in [6.07, 6.45) is 5.13. The SMILES string of the molecule is C/C=C/C(=O)NC[C@H]1c2c(c(OC(C)=O)c(C)c3c2OCO3)CC2[C@H]3c4c(cc(C)c(OC)c4O)C[C@@H]([C@H](C#N)N21)N3C.COc1c(C)cc2c(c1O)[C@@H]1C3Cc4c(OC(C)=O)c(C)c5c(c4[C@H](CN)N3[C@@H](C#N)[C@H](C2)N1C)OCO5. The minimum Gasteiger partial charge on any atom is -0.504 e. The molecule has 2 unspecified atom stereocenters. The van der Waals surface area contributed by atoms with Gasteiger partial charge in [0.2, 0.25) is 19.5 Å². The number of esters is 2. The average molecular weight is 1110 g/mol. The van der Waals surface area contributed by atoms with Gasteiger partial charge in [-0.15, -0.1) is 0 Å². The van der Waals surface area contributed by atoms with Crippen LogP contribution in [-0.2, 0) is 40.1 Å². The minimum absolute atomic E-state index is 0.00325. The van der Waals surface area contributed by atoms with E-state index in [9.17, 15) is 35.1 Å². The number of benzene rings is 4. The number of aromatic hydroxyl groups is 2.